The number of carbonyl (C=O) groups excluding carboxylic acids is 1. The Bertz CT molecular complexity index is 1040. The minimum absolute atomic E-state index is 0.155. The van der Waals surface area contributed by atoms with Gasteiger partial charge in [-0.3, -0.25) is 4.79 Å². The number of nitrogens with zero attached hydrogens (tertiary/aromatic N) is 2. The third-order valence-electron chi connectivity index (χ3n) is 3.82. The van der Waals surface area contributed by atoms with Crippen LogP contribution in [0, 0.1) is 5.95 Å². The molecule has 0 saturated carbocycles. The van der Waals surface area contributed by atoms with Crippen molar-refractivity contribution in [3.8, 4) is 11.1 Å². The topological polar surface area (TPSA) is 46.9 Å². The SMILES string of the molecule is Cn1nc(C(F)(F)F)c(C(=O)Nc2ccccc2-c2cc(Cl)cc(Cl)c2)c1F. The molecule has 1 heterocycles. The van der Waals surface area contributed by atoms with Crippen LogP contribution in [-0.4, -0.2) is 15.7 Å². The van der Waals surface area contributed by atoms with Crippen LogP contribution >= 0.6 is 23.2 Å². The number of para-hydroxylation sites is 1. The second-order valence-corrected chi connectivity index (χ2v) is 6.67. The van der Waals surface area contributed by atoms with Crippen LogP contribution in [0.4, 0.5) is 23.2 Å². The van der Waals surface area contributed by atoms with Gasteiger partial charge in [0.2, 0.25) is 5.95 Å². The van der Waals surface area contributed by atoms with Gasteiger partial charge in [0.05, 0.1) is 0 Å². The summed E-state index contributed by atoms with van der Waals surface area (Å²) in [6, 6.07) is 11.0. The van der Waals surface area contributed by atoms with Crippen LogP contribution in [0.15, 0.2) is 42.5 Å². The van der Waals surface area contributed by atoms with Crippen molar-refractivity contribution < 1.29 is 22.4 Å². The Morgan fingerprint density at radius 3 is 2.32 bits per heavy atom. The highest BCUT2D eigenvalue weighted by Crippen LogP contribution is 2.35. The van der Waals surface area contributed by atoms with Gasteiger partial charge in [-0.2, -0.15) is 22.7 Å². The van der Waals surface area contributed by atoms with E-state index in [0.29, 0.717) is 25.9 Å². The van der Waals surface area contributed by atoms with Crippen molar-refractivity contribution >= 4 is 34.8 Å². The maximum absolute atomic E-state index is 14.1. The molecule has 10 heteroatoms. The molecule has 0 spiro atoms. The Kier molecular flexibility index (Phi) is 5.36. The Labute approximate surface area is 166 Å². The molecule has 0 aliphatic heterocycles. The third-order valence-corrected chi connectivity index (χ3v) is 4.26. The predicted octanol–water partition coefficient (Wildman–Crippen LogP) is 5.80. The van der Waals surface area contributed by atoms with Gasteiger partial charge >= 0.3 is 6.18 Å². The molecule has 0 aliphatic carbocycles. The Morgan fingerprint density at radius 2 is 1.71 bits per heavy atom. The molecule has 146 valence electrons. The molecule has 1 aromatic heterocycles. The summed E-state index contributed by atoms with van der Waals surface area (Å²) in [6.45, 7) is 0. The van der Waals surface area contributed by atoms with E-state index in [-0.39, 0.29) is 5.69 Å². The fraction of sp³-hybridized carbons (Fsp3) is 0.111. The van der Waals surface area contributed by atoms with Crippen molar-refractivity contribution in [3.63, 3.8) is 0 Å². The van der Waals surface area contributed by atoms with Crippen molar-refractivity contribution in [2.75, 3.05) is 5.32 Å². The second kappa shape index (κ2) is 7.44. The third kappa shape index (κ3) is 3.98. The van der Waals surface area contributed by atoms with Gasteiger partial charge in [0.15, 0.2) is 5.69 Å². The maximum Gasteiger partial charge on any atom is 0.436 e. The number of hydrogen-bond donors (Lipinski definition) is 1. The number of benzene rings is 2. The lowest BCUT2D eigenvalue weighted by atomic mass is 10.0. The van der Waals surface area contributed by atoms with Crippen LogP contribution in [0.2, 0.25) is 10.0 Å². The zero-order chi connectivity index (χ0) is 20.6. The second-order valence-electron chi connectivity index (χ2n) is 5.79. The monoisotopic (exact) mass is 431 g/mol. The first-order chi connectivity index (χ1) is 13.1. The standard InChI is InChI=1S/C18H11Cl2F4N3O/c1-27-16(21)14(15(26-27)18(22,23)24)17(28)25-13-5-3-2-4-12(13)9-6-10(19)8-11(20)7-9/h2-8H,1H3,(H,25,28). The first-order valence-corrected chi connectivity index (χ1v) is 8.50. The fourth-order valence-electron chi connectivity index (χ4n) is 2.64. The van der Waals surface area contributed by atoms with Gasteiger partial charge in [-0.25, -0.2) is 4.68 Å². The number of anilines is 1. The zero-order valence-electron chi connectivity index (χ0n) is 14.1. The number of alkyl halides is 3. The summed E-state index contributed by atoms with van der Waals surface area (Å²) in [5.41, 5.74) is -1.67. The molecule has 0 fully saturated rings. The highest BCUT2D eigenvalue weighted by molar-refractivity contribution is 6.35. The molecular weight excluding hydrogens is 421 g/mol. The molecule has 1 N–H and O–H groups in total. The number of aromatic nitrogens is 2. The van der Waals surface area contributed by atoms with Gasteiger partial charge in [0, 0.05) is 28.3 Å². The van der Waals surface area contributed by atoms with Gasteiger partial charge in [-0.05, 0) is 29.8 Å². The van der Waals surface area contributed by atoms with E-state index in [1.807, 2.05) is 0 Å². The average molecular weight is 432 g/mol. The first-order valence-electron chi connectivity index (χ1n) is 7.74. The van der Waals surface area contributed by atoms with Crippen LogP contribution in [0.1, 0.15) is 16.1 Å². The molecule has 0 saturated heterocycles. The number of aryl methyl sites for hydroxylation is 1. The molecule has 2 aromatic carbocycles. The molecule has 0 bridgehead atoms. The van der Waals surface area contributed by atoms with Gasteiger partial charge in [0.25, 0.3) is 5.91 Å². The summed E-state index contributed by atoms with van der Waals surface area (Å²) in [7, 11) is 0.975. The van der Waals surface area contributed by atoms with Crippen molar-refractivity contribution in [1.82, 2.24) is 9.78 Å². The van der Waals surface area contributed by atoms with E-state index in [4.69, 9.17) is 23.2 Å². The summed E-state index contributed by atoms with van der Waals surface area (Å²) < 4.78 is 53.9. The number of amides is 1. The predicted molar refractivity (Wildman–Crippen MR) is 98.0 cm³/mol. The normalized spacial score (nSPS) is 11.5. The minimum Gasteiger partial charge on any atom is -0.321 e. The Balaban J connectivity index is 2.04. The Hall–Kier alpha value is -2.58. The van der Waals surface area contributed by atoms with E-state index in [1.165, 1.54) is 12.1 Å². The lowest BCUT2D eigenvalue weighted by Crippen LogP contribution is -2.19. The summed E-state index contributed by atoms with van der Waals surface area (Å²) in [4.78, 5) is 12.5. The average Bonchev–Trinajstić information content (AvgIpc) is 2.90. The van der Waals surface area contributed by atoms with Gasteiger partial charge in [-0.1, -0.05) is 41.4 Å². The summed E-state index contributed by atoms with van der Waals surface area (Å²) in [6.07, 6.45) is -4.99. The maximum atomic E-state index is 14.1. The van der Waals surface area contributed by atoms with E-state index in [2.05, 4.69) is 10.4 Å². The van der Waals surface area contributed by atoms with Crippen LogP contribution in [0.3, 0.4) is 0 Å². The molecule has 0 unspecified atom stereocenters. The van der Waals surface area contributed by atoms with Crippen molar-refractivity contribution in [2.45, 2.75) is 6.18 Å². The molecule has 0 aliphatic rings. The van der Waals surface area contributed by atoms with Crippen molar-refractivity contribution in [3.05, 3.63) is 69.7 Å². The Morgan fingerprint density at radius 1 is 1.11 bits per heavy atom. The number of rotatable bonds is 3. The van der Waals surface area contributed by atoms with Crippen LogP contribution in [0.25, 0.3) is 11.1 Å². The molecular formula is C18H11Cl2F4N3O. The quantitative estimate of drug-likeness (QED) is 0.532. The highest BCUT2D eigenvalue weighted by atomic mass is 35.5. The van der Waals surface area contributed by atoms with E-state index in [9.17, 15) is 22.4 Å². The van der Waals surface area contributed by atoms with Crippen LogP contribution in [-0.2, 0) is 13.2 Å². The molecule has 0 atom stereocenters. The molecule has 4 nitrogen and oxygen atoms in total. The van der Waals surface area contributed by atoms with E-state index in [1.54, 1.807) is 30.3 Å². The number of hydrogen-bond acceptors (Lipinski definition) is 2. The van der Waals surface area contributed by atoms with E-state index in [0.717, 1.165) is 7.05 Å². The highest BCUT2D eigenvalue weighted by Gasteiger charge is 2.41. The number of carbonyl (C=O) groups is 1. The lowest BCUT2D eigenvalue weighted by molar-refractivity contribution is -0.141. The minimum atomic E-state index is -4.99. The summed E-state index contributed by atoms with van der Waals surface area (Å²) >= 11 is 12.0. The largest absolute Gasteiger partial charge is 0.436 e. The molecule has 3 rings (SSSR count). The first kappa shape index (κ1) is 20.2. The van der Waals surface area contributed by atoms with E-state index >= 15 is 0 Å². The van der Waals surface area contributed by atoms with E-state index < -0.39 is 29.3 Å². The zero-order valence-corrected chi connectivity index (χ0v) is 15.6. The van der Waals surface area contributed by atoms with Crippen molar-refractivity contribution in [1.29, 1.82) is 0 Å². The molecule has 28 heavy (non-hydrogen) atoms. The molecule has 1 amide bonds. The van der Waals surface area contributed by atoms with Gasteiger partial charge < -0.3 is 5.32 Å². The van der Waals surface area contributed by atoms with Gasteiger partial charge in [0.1, 0.15) is 5.56 Å². The number of halogens is 6. The summed E-state index contributed by atoms with van der Waals surface area (Å²) in [5, 5.41) is 6.05. The van der Waals surface area contributed by atoms with Crippen LogP contribution < -0.4 is 5.32 Å². The fourth-order valence-corrected chi connectivity index (χ4v) is 3.17. The lowest BCUT2D eigenvalue weighted by Gasteiger charge is -2.12. The molecule has 0 radical (unpaired) electrons. The number of nitrogens with one attached hydrogen (secondary N) is 1. The van der Waals surface area contributed by atoms with Crippen LogP contribution in [0.5, 0.6) is 0 Å². The molecule has 3 aromatic rings. The smallest absolute Gasteiger partial charge is 0.321 e. The van der Waals surface area contributed by atoms with Gasteiger partial charge in [-0.15, -0.1) is 0 Å². The van der Waals surface area contributed by atoms with Crippen molar-refractivity contribution in [2.24, 2.45) is 7.05 Å². The summed E-state index contributed by atoms with van der Waals surface area (Å²) in [5.74, 6) is -2.67.